The Morgan fingerprint density at radius 2 is 2.09 bits per heavy atom. The molecule has 2 N–H and O–H groups in total. The highest BCUT2D eigenvalue weighted by Gasteiger charge is 2.09. The third kappa shape index (κ3) is 3.09. The molecular weight excluding hydrogens is 298 g/mol. The van der Waals surface area contributed by atoms with Crippen LogP contribution in [0.4, 0.5) is 5.69 Å². The highest BCUT2D eigenvalue weighted by atomic mass is 32.2. The number of carbonyl (C=O) groups excluding carboxylic acids is 1. The maximum atomic E-state index is 12.1. The van der Waals surface area contributed by atoms with Crippen molar-refractivity contribution >= 4 is 34.5 Å². The molecule has 0 saturated carbocycles. The number of aryl methyl sites for hydroxylation is 2. The number of thioether (sulfide) groups is 1. The Morgan fingerprint density at radius 3 is 2.91 bits per heavy atom. The van der Waals surface area contributed by atoms with E-state index in [9.17, 15) is 4.79 Å². The molecule has 0 aliphatic rings. The quantitative estimate of drug-likeness (QED) is 0.571. The van der Waals surface area contributed by atoms with E-state index in [2.05, 4.69) is 25.3 Å². The van der Waals surface area contributed by atoms with Gasteiger partial charge in [0.15, 0.2) is 5.65 Å². The summed E-state index contributed by atoms with van der Waals surface area (Å²) in [4.78, 5) is 27.3. The molecular formula is C15H15N5OS. The second-order valence-electron chi connectivity index (χ2n) is 4.92. The van der Waals surface area contributed by atoms with Crippen molar-refractivity contribution in [2.75, 3.05) is 11.1 Å². The molecule has 0 bridgehead atoms. The van der Waals surface area contributed by atoms with E-state index in [1.807, 2.05) is 32.0 Å². The van der Waals surface area contributed by atoms with Gasteiger partial charge in [-0.05, 0) is 37.1 Å². The first kappa shape index (κ1) is 14.5. The molecule has 3 rings (SSSR count). The van der Waals surface area contributed by atoms with Gasteiger partial charge in [-0.1, -0.05) is 17.8 Å². The molecule has 0 unspecified atom stereocenters. The summed E-state index contributed by atoms with van der Waals surface area (Å²) in [7, 11) is 0. The van der Waals surface area contributed by atoms with Crippen LogP contribution in [-0.2, 0) is 4.79 Å². The van der Waals surface area contributed by atoms with Crippen LogP contribution in [0.15, 0.2) is 35.9 Å². The average molecular weight is 313 g/mol. The molecule has 2 heterocycles. The molecule has 3 aromatic rings. The summed E-state index contributed by atoms with van der Waals surface area (Å²) >= 11 is 1.35. The Labute approximate surface area is 131 Å². The number of imidazole rings is 1. The fourth-order valence-corrected chi connectivity index (χ4v) is 2.76. The second kappa shape index (κ2) is 6.15. The number of rotatable bonds is 4. The zero-order valence-electron chi connectivity index (χ0n) is 12.3. The number of nitrogens with one attached hydrogen (secondary N) is 2. The van der Waals surface area contributed by atoms with Gasteiger partial charge in [-0.25, -0.2) is 15.0 Å². The van der Waals surface area contributed by atoms with Crippen LogP contribution in [0.1, 0.15) is 11.1 Å². The molecule has 0 radical (unpaired) electrons. The standard InChI is InChI=1S/C15H15N5OS/c1-9-3-4-11(5-10(9)2)20-12(21)6-22-15-13-14(17-7-16-13)18-8-19-15/h3-5,7-8H,6H2,1-2H3,(H,20,21)(H,16,17,18,19). The third-order valence-corrected chi connectivity index (χ3v) is 4.31. The lowest BCUT2D eigenvalue weighted by Crippen LogP contribution is -2.14. The number of anilines is 1. The molecule has 0 spiro atoms. The third-order valence-electron chi connectivity index (χ3n) is 3.32. The van der Waals surface area contributed by atoms with Crippen molar-refractivity contribution in [2.45, 2.75) is 18.9 Å². The molecule has 6 nitrogen and oxygen atoms in total. The molecule has 7 heteroatoms. The fraction of sp³-hybridized carbons (Fsp3) is 0.200. The molecule has 112 valence electrons. The smallest absolute Gasteiger partial charge is 0.234 e. The van der Waals surface area contributed by atoms with Crippen molar-refractivity contribution in [3.63, 3.8) is 0 Å². The predicted octanol–water partition coefficient (Wildman–Crippen LogP) is 2.70. The topological polar surface area (TPSA) is 83.6 Å². The maximum Gasteiger partial charge on any atom is 0.234 e. The van der Waals surface area contributed by atoms with Crippen LogP contribution in [0.2, 0.25) is 0 Å². The minimum atomic E-state index is -0.0699. The molecule has 0 saturated heterocycles. The SMILES string of the molecule is Cc1ccc(NC(=O)CSc2ncnc3nc[nH]c23)cc1C. The van der Waals surface area contributed by atoms with E-state index in [0.29, 0.717) is 5.65 Å². The van der Waals surface area contributed by atoms with E-state index >= 15 is 0 Å². The number of hydrogen-bond acceptors (Lipinski definition) is 5. The molecule has 2 aromatic heterocycles. The van der Waals surface area contributed by atoms with Gasteiger partial charge in [0.1, 0.15) is 16.9 Å². The summed E-state index contributed by atoms with van der Waals surface area (Å²) in [5, 5.41) is 3.61. The lowest BCUT2D eigenvalue weighted by atomic mass is 10.1. The van der Waals surface area contributed by atoms with Crippen molar-refractivity contribution in [2.24, 2.45) is 0 Å². The second-order valence-corrected chi connectivity index (χ2v) is 5.88. The van der Waals surface area contributed by atoms with Gasteiger partial charge >= 0.3 is 0 Å². The minimum Gasteiger partial charge on any atom is -0.341 e. The molecule has 0 aliphatic heterocycles. The number of carbonyl (C=O) groups is 1. The van der Waals surface area contributed by atoms with E-state index < -0.39 is 0 Å². The molecule has 1 amide bonds. The summed E-state index contributed by atoms with van der Waals surface area (Å²) in [5.74, 6) is 0.206. The van der Waals surface area contributed by atoms with Crippen molar-refractivity contribution in [1.29, 1.82) is 0 Å². The Kier molecular flexibility index (Phi) is 4.06. The number of H-pyrrole nitrogens is 1. The average Bonchev–Trinajstić information content (AvgIpc) is 2.98. The zero-order valence-corrected chi connectivity index (χ0v) is 13.1. The normalized spacial score (nSPS) is 10.8. The van der Waals surface area contributed by atoms with E-state index in [0.717, 1.165) is 21.8 Å². The number of benzene rings is 1. The lowest BCUT2D eigenvalue weighted by molar-refractivity contribution is -0.113. The highest BCUT2D eigenvalue weighted by Crippen LogP contribution is 2.22. The van der Waals surface area contributed by atoms with Crippen molar-refractivity contribution < 1.29 is 4.79 Å². The number of fused-ring (bicyclic) bond motifs is 1. The van der Waals surface area contributed by atoms with Crippen LogP contribution in [0.5, 0.6) is 0 Å². The molecule has 1 aromatic carbocycles. The molecule has 0 fully saturated rings. The first-order valence-electron chi connectivity index (χ1n) is 6.77. The van der Waals surface area contributed by atoms with Gasteiger partial charge in [-0.3, -0.25) is 4.79 Å². The summed E-state index contributed by atoms with van der Waals surface area (Å²) < 4.78 is 0. The van der Waals surface area contributed by atoms with E-state index in [1.54, 1.807) is 6.33 Å². The van der Waals surface area contributed by atoms with E-state index in [1.165, 1.54) is 23.7 Å². The molecule has 22 heavy (non-hydrogen) atoms. The van der Waals surface area contributed by atoms with Crippen molar-refractivity contribution in [1.82, 2.24) is 19.9 Å². The lowest BCUT2D eigenvalue weighted by Gasteiger charge is -2.07. The molecule has 0 atom stereocenters. The summed E-state index contributed by atoms with van der Waals surface area (Å²) in [5.41, 5.74) is 4.53. The van der Waals surface area contributed by atoms with Gasteiger partial charge in [-0.2, -0.15) is 0 Å². The van der Waals surface area contributed by atoms with Gasteiger partial charge in [0, 0.05) is 5.69 Å². The van der Waals surface area contributed by atoms with Crippen LogP contribution < -0.4 is 5.32 Å². The first-order valence-corrected chi connectivity index (χ1v) is 7.76. The van der Waals surface area contributed by atoms with Crippen LogP contribution in [0.25, 0.3) is 11.2 Å². The number of amides is 1. The maximum absolute atomic E-state index is 12.1. The highest BCUT2D eigenvalue weighted by molar-refractivity contribution is 8.00. The van der Waals surface area contributed by atoms with Gasteiger partial charge < -0.3 is 10.3 Å². The van der Waals surface area contributed by atoms with Crippen molar-refractivity contribution in [3.05, 3.63) is 42.0 Å². The van der Waals surface area contributed by atoms with E-state index in [4.69, 9.17) is 0 Å². The Balaban J connectivity index is 1.65. The summed E-state index contributed by atoms with van der Waals surface area (Å²) in [6.45, 7) is 4.07. The minimum absolute atomic E-state index is 0.0699. The largest absolute Gasteiger partial charge is 0.341 e. The van der Waals surface area contributed by atoms with Gasteiger partial charge in [-0.15, -0.1) is 0 Å². The fourth-order valence-electron chi connectivity index (χ4n) is 2.00. The van der Waals surface area contributed by atoms with Gasteiger partial charge in [0.05, 0.1) is 12.1 Å². The zero-order chi connectivity index (χ0) is 15.5. The number of aromatic amines is 1. The monoisotopic (exact) mass is 313 g/mol. The van der Waals surface area contributed by atoms with Crippen LogP contribution in [0.3, 0.4) is 0 Å². The molecule has 0 aliphatic carbocycles. The number of hydrogen-bond donors (Lipinski definition) is 2. The number of aromatic nitrogens is 4. The predicted molar refractivity (Wildman–Crippen MR) is 87.0 cm³/mol. The Morgan fingerprint density at radius 1 is 1.23 bits per heavy atom. The van der Waals surface area contributed by atoms with Crippen LogP contribution in [0, 0.1) is 13.8 Å². The van der Waals surface area contributed by atoms with E-state index in [-0.39, 0.29) is 11.7 Å². The van der Waals surface area contributed by atoms with Crippen LogP contribution >= 0.6 is 11.8 Å². The number of nitrogens with zero attached hydrogens (tertiary/aromatic N) is 3. The first-order chi connectivity index (χ1) is 10.6. The summed E-state index contributed by atoms with van der Waals surface area (Å²) in [6.07, 6.45) is 3.02. The van der Waals surface area contributed by atoms with Crippen molar-refractivity contribution in [3.8, 4) is 0 Å². The Bertz CT molecular complexity index is 830. The summed E-state index contributed by atoms with van der Waals surface area (Å²) in [6, 6.07) is 5.87. The van der Waals surface area contributed by atoms with Crippen LogP contribution in [-0.4, -0.2) is 31.6 Å². The Hall–Kier alpha value is -2.41. The van der Waals surface area contributed by atoms with Gasteiger partial charge in [0.25, 0.3) is 0 Å². The van der Waals surface area contributed by atoms with Gasteiger partial charge in [0.2, 0.25) is 5.91 Å².